The molecule has 3 rings (SSSR count). The van der Waals surface area contributed by atoms with E-state index in [1.807, 2.05) is 14.0 Å². The minimum atomic E-state index is 0.0417. The van der Waals surface area contributed by atoms with Crippen molar-refractivity contribution in [2.45, 2.75) is 20.3 Å². The standard InChI is InChI=1S/C6H11NO2.C6H11NO.C4H8N2O/c1-6(8)7-2-4-9-5-3-7;1-5-3-4-7(2)6(5)8;1-6-3-2-5-4(6)7/h2-5H2,1H3;5H,3-4H2,1-2H3;2-3H2,1H3,(H,5,7). The van der Waals surface area contributed by atoms with Crippen LogP contribution in [-0.2, 0) is 14.3 Å². The molecule has 1 unspecified atom stereocenters. The molecule has 3 saturated heterocycles. The Morgan fingerprint density at radius 2 is 1.71 bits per heavy atom. The van der Waals surface area contributed by atoms with Gasteiger partial charge in [0.1, 0.15) is 0 Å². The number of carbonyl (C=O) groups is 3. The van der Waals surface area contributed by atoms with Gasteiger partial charge in [-0.1, -0.05) is 6.92 Å². The van der Waals surface area contributed by atoms with Crippen LogP contribution in [0.4, 0.5) is 4.79 Å². The van der Waals surface area contributed by atoms with Crippen LogP contribution in [0.25, 0.3) is 0 Å². The van der Waals surface area contributed by atoms with Crippen molar-refractivity contribution in [1.82, 2.24) is 20.0 Å². The molecule has 3 heterocycles. The number of hydrogen-bond donors (Lipinski definition) is 1. The maximum atomic E-state index is 10.8. The van der Waals surface area contributed by atoms with E-state index in [0.29, 0.717) is 19.1 Å². The minimum Gasteiger partial charge on any atom is -0.378 e. The predicted octanol–water partition coefficient (Wildman–Crippen LogP) is -0.00890. The van der Waals surface area contributed by atoms with Gasteiger partial charge in [-0.2, -0.15) is 0 Å². The van der Waals surface area contributed by atoms with Gasteiger partial charge in [0.2, 0.25) is 11.8 Å². The van der Waals surface area contributed by atoms with Gasteiger partial charge in [-0.05, 0) is 6.42 Å². The van der Waals surface area contributed by atoms with Crippen molar-refractivity contribution in [2.24, 2.45) is 5.92 Å². The van der Waals surface area contributed by atoms with Crippen molar-refractivity contribution in [2.75, 3.05) is 60.0 Å². The monoisotopic (exact) mass is 342 g/mol. The van der Waals surface area contributed by atoms with Crippen molar-refractivity contribution in [3.63, 3.8) is 0 Å². The number of hydrogen-bond acceptors (Lipinski definition) is 4. The smallest absolute Gasteiger partial charge is 0.317 e. The highest BCUT2D eigenvalue weighted by atomic mass is 16.5. The van der Waals surface area contributed by atoms with Gasteiger partial charge in [0.15, 0.2) is 0 Å². The summed E-state index contributed by atoms with van der Waals surface area (Å²) < 4.78 is 5.06. The number of amides is 4. The Morgan fingerprint density at radius 1 is 1.08 bits per heavy atom. The summed E-state index contributed by atoms with van der Waals surface area (Å²) in [6, 6.07) is 0.0417. The summed E-state index contributed by atoms with van der Waals surface area (Å²) >= 11 is 0. The van der Waals surface area contributed by atoms with E-state index in [0.717, 1.165) is 39.1 Å². The molecule has 138 valence electrons. The second-order valence-electron chi connectivity index (χ2n) is 6.22. The summed E-state index contributed by atoms with van der Waals surface area (Å²) in [6.07, 6.45) is 1.04. The first kappa shape index (κ1) is 20.2. The number of ether oxygens (including phenoxy) is 1. The van der Waals surface area contributed by atoms with Crippen LogP contribution in [0.1, 0.15) is 20.3 Å². The van der Waals surface area contributed by atoms with E-state index in [2.05, 4.69) is 5.32 Å². The maximum Gasteiger partial charge on any atom is 0.317 e. The third-order valence-electron chi connectivity index (χ3n) is 4.22. The van der Waals surface area contributed by atoms with Crippen LogP contribution in [0, 0.1) is 5.92 Å². The SMILES string of the molecule is CC(=O)N1CCOCC1.CC1CCN(C)C1=O.CN1CCNC1=O. The van der Waals surface area contributed by atoms with E-state index in [9.17, 15) is 14.4 Å². The minimum absolute atomic E-state index is 0.0417. The molecule has 4 amide bonds. The average Bonchev–Trinajstić information content (AvgIpc) is 3.09. The van der Waals surface area contributed by atoms with Crippen LogP contribution in [0.2, 0.25) is 0 Å². The zero-order valence-electron chi connectivity index (χ0n) is 15.2. The quantitative estimate of drug-likeness (QED) is 0.671. The van der Waals surface area contributed by atoms with Gasteiger partial charge in [0.25, 0.3) is 0 Å². The summed E-state index contributed by atoms with van der Waals surface area (Å²) in [7, 11) is 3.63. The highest BCUT2D eigenvalue weighted by Gasteiger charge is 2.23. The number of likely N-dealkylation sites (tertiary alicyclic amines) is 1. The fourth-order valence-electron chi connectivity index (χ4n) is 2.44. The first-order chi connectivity index (χ1) is 11.3. The Morgan fingerprint density at radius 3 is 1.92 bits per heavy atom. The first-order valence-electron chi connectivity index (χ1n) is 8.40. The van der Waals surface area contributed by atoms with Crippen molar-refractivity contribution in [1.29, 1.82) is 0 Å². The van der Waals surface area contributed by atoms with Crippen LogP contribution >= 0.6 is 0 Å². The Kier molecular flexibility index (Phi) is 8.53. The van der Waals surface area contributed by atoms with E-state index in [4.69, 9.17) is 4.74 Å². The van der Waals surface area contributed by atoms with Gasteiger partial charge in [-0.3, -0.25) is 9.59 Å². The number of morpholine rings is 1. The summed E-state index contributed by atoms with van der Waals surface area (Å²) in [5.74, 6) is 0.725. The number of nitrogens with zero attached hydrogens (tertiary/aromatic N) is 3. The van der Waals surface area contributed by atoms with Crippen molar-refractivity contribution in [3.05, 3.63) is 0 Å². The number of rotatable bonds is 0. The largest absolute Gasteiger partial charge is 0.378 e. The lowest BCUT2D eigenvalue weighted by atomic mass is 10.1. The van der Waals surface area contributed by atoms with E-state index in [-0.39, 0.29) is 17.9 Å². The molecule has 1 atom stereocenters. The Hall–Kier alpha value is -1.83. The zero-order valence-corrected chi connectivity index (χ0v) is 15.2. The average molecular weight is 342 g/mol. The summed E-state index contributed by atoms with van der Waals surface area (Å²) in [6.45, 7) is 9.06. The number of carbonyl (C=O) groups excluding carboxylic acids is 3. The molecule has 24 heavy (non-hydrogen) atoms. The summed E-state index contributed by atoms with van der Waals surface area (Å²) in [5, 5.41) is 2.66. The van der Waals surface area contributed by atoms with Gasteiger partial charge in [0, 0.05) is 59.7 Å². The third kappa shape index (κ3) is 6.74. The van der Waals surface area contributed by atoms with Crippen LogP contribution in [0.5, 0.6) is 0 Å². The van der Waals surface area contributed by atoms with Crippen LogP contribution < -0.4 is 5.32 Å². The Bertz CT molecular complexity index is 426. The lowest BCUT2D eigenvalue weighted by molar-refractivity contribution is -0.132. The van der Waals surface area contributed by atoms with Crippen molar-refractivity contribution in [3.8, 4) is 0 Å². The zero-order chi connectivity index (χ0) is 18.1. The second-order valence-corrected chi connectivity index (χ2v) is 6.22. The van der Waals surface area contributed by atoms with Crippen molar-refractivity contribution >= 4 is 17.8 Å². The Labute approximate surface area is 144 Å². The number of likely N-dealkylation sites (N-methyl/N-ethyl adjacent to an activating group) is 1. The fraction of sp³-hybridized carbons (Fsp3) is 0.812. The normalized spacial score (nSPS) is 23.2. The first-order valence-corrected chi connectivity index (χ1v) is 8.40. The van der Waals surface area contributed by atoms with Gasteiger partial charge < -0.3 is 24.8 Å². The molecule has 1 N–H and O–H groups in total. The summed E-state index contributed by atoms with van der Waals surface area (Å²) in [4.78, 5) is 37.1. The van der Waals surface area contributed by atoms with Crippen LogP contribution in [0.3, 0.4) is 0 Å². The lowest BCUT2D eigenvalue weighted by Gasteiger charge is -2.25. The molecule has 3 aliphatic rings. The molecule has 0 aromatic carbocycles. The third-order valence-corrected chi connectivity index (χ3v) is 4.22. The molecular weight excluding hydrogens is 312 g/mol. The molecule has 8 heteroatoms. The van der Waals surface area contributed by atoms with E-state index < -0.39 is 0 Å². The van der Waals surface area contributed by atoms with Crippen molar-refractivity contribution < 1.29 is 19.1 Å². The highest BCUT2D eigenvalue weighted by molar-refractivity contribution is 5.80. The molecule has 8 nitrogen and oxygen atoms in total. The molecule has 0 bridgehead atoms. The molecule has 3 aliphatic heterocycles. The number of urea groups is 1. The molecule has 0 spiro atoms. The highest BCUT2D eigenvalue weighted by Crippen LogP contribution is 2.13. The van der Waals surface area contributed by atoms with Crippen LogP contribution in [0.15, 0.2) is 0 Å². The number of nitrogens with one attached hydrogen (secondary N) is 1. The molecule has 0 aromatic rings. The van der Waals surface area contributed by atoms with Gasteiger partial charge in [0.05, 0.1) is 13.2 Å². The van der Waals surface area contributed by atoms with Gasteiger partial charge in [-0.15, -0.1) is 0 Å². The molecular formula is C16H30N4O4. The van der Waals surface area contributed by atoms with Gasteiger partial charge >= 0.3 is 6.03 Å². The fourth-order valence-corrected chi connectivity index (χ4v) is 2.44. The molecule has 0 radical (unpaired) electrons. The summed E-state index contributed by atoms with van der Waals surface area (Å²) in [5.41, 5.74) is 0. The molecule has 0 aliphatic carbocycles. The maximum absolute atomic E-state index is 10.8. The molecule has 0 saturated carbocycles. The topological polar surface area (TPSA) is 82.2 Å². The molecule has 3 fully saturated rings. The van der Waals surface area contributed by atoms with E-state index >= 15 is 0 Å². The van der Waals surface area contributed by atoms with E-state index in [1.165, 1.54) is 0 Å². The van der Waals surface area contributed by atoms with Gasteiger partial charge in [-0.25, -0.2) is 4.79 Å². The van der Waals surface area contributed by atoms with Crippen LogP contribution in [-0.4, -0.2) is 92.6 Å². The predicted molar refractivity (Wildman–Crippen MR) is 90.5 cm³/mol. The lowest BCUT2D eigenvalue weighted by Crippen LogP contribution is -2.39. The Balaban J connectivity index is 0.000000181. The second kappa shape index (κ2) is 10.1. The van der Waals surface area contributed by atoms with E-state index in [1.54, 1.807) is 28.7 Å². The molecule has 0 aromatic heterocycles.